The Labute approximate surface area is 267 Å². The van der Waals surface area contributed by atoms with E-state index in [1.165, 1.54) is 37.4 Å². The van der Waals surface area contributed by atoms with Crippen LogP contribution in [-0.2, 0) is 10.0 Å². The molecule has 1 spiro atoms. The van der Waals surface area contributed by atoms with E-state index < -0.39 is 15.8 Å². The van der Waals surface area contributed by atoms with Crippen LogP contribution >= 0.6 is 0 Å². The third kappa shape index (κ3) is 7.94. The number of hydrogen-bond donors (Lipinski definition) is 1. The Bertz CT molecular complexity index is 1430. The highest BCUT2D eigenvalue weighted by atomic mass is 32.2. The van der Waals surface area contributed by atoms with Gasteiger partial charge in [-0.3, -0.25) is 4.79 Å². The third-order valence-electron chi connectivity index (χ3n) is 9.76. The molecule has 1 saturated carbocycles. The van der Waals surface area contributed by atoms with E-state index in [2.05, 4.69) is 24.5 Å². The van der Waals surface area contributed by atoms with Crippen LogP contribution in [0, 0.1) is 23.1 Å². The summed E-state index contributed by atoms with van der Waals surface area (Å²) in [7, 11) is -3.13. The molecule has 1 aromatic carbocycles. The number of halogens is 1. The minimum atomic E-state index is -3.13. The number of hydrogen-bond acceptors (Lipinski definition) is 8. The van der Waals surface area contributed by atoms with Crippen molar-refractivity contribution in [3.63, 3.8) is 0 Å². The van der Waals surface area contributed by atoms with Gasteiger partial charge in [0.05, 0.1) is 17.5 Å². The maximum atomic E-state index is 14.3. The second-order valence-corrected chi connectivity index (χ2v) is 15.9. The molecule has 3 heterocycles. The summed E-state index contributed by atoms with van der Waals surface area (Å²) in [5.41, 5.74) is 0.561. The molecule has 248 valence electrons. The summed E-state index contributed by atoms with van der Waals surface area (Å²) in [6.45, 7) is 15.0. The van der Waals surface area contributed by atoms with Crippen LogP contribution in [0.25, 0.3) is 0 Å². The average Bonchev–Trinajstić information content (AvgIpc) is 3.45. The molecule has 3 aliphatic rings. The van der Waals surface area contributed by atoms with Gasteiger partial charge in [0.1, 0.15) is 17.9 Å². The van der Waals surface area contributed by atoms with Gasteiger partial charge in [0.2, 0.25) is 10.0 Å². The molecule has 0 bridgehead atoms. The number of nitrogens with one attached hydrogen (secondary N) is 1. The van der Waals surface area contributed by atoms with Crippen molar-refractivity contribution in [3.8, 4) is 11.5 Å². The predicted octanol–water partition coefficient (Wildman–Crippen LogP) is 4.92. The second kappa shape index (κ2) is 13.9. The Kier molecular flexibility index (Phi) is 10.3. The molecule has 1 aromatic heterocycles. The van der Waals surface area contributed by atoms with Gasteiger partial charge in [-0.05, 0) is 102 Å². The molecule has 10 nitrogen and oxygen atoms in total. The second-order valence-electron chi connectivity index (χ2n) is 13.8. The summed E-state index contributed by atoms with van der Waals surface area (Å²) in [4.78, 5) is 28.8. The van der Waals surface area contributed by atoms with Gasteiger partial charge in [-0.25, -0.2) is 27.5 Å². The number of carbonyl (C=O) groups is 1. The van der Waals surface area contributed by atoms with Gasteiger partial charge >= 0.3 is 0 Å². The fourth-order valence-corrected chi connectivity index (χ4v) is 8.12. The van der Waals surface area contributed by atoms with Crippen LogP contribution < -0.4 is 14.4 Å². The molecule has 0 radical (unpaired) electrons. The minimum Gasteiger partial charge on any atom is -0.451 e. The Hall–Kier alpha value is -2.83. The highest BCUT2D eigenvalue weighted by Gasteiger charge is 2.45. The number of aromatic nitrogens is 2. The van der Waals surface area contributed by atoms with Crippen molar-refractivity contribution < 1.29 is 22.3 Å². The number of sulfonamides is 1. The molecule has 2 aliphatic heterocycles. The van der Waals surface area contributed by atoms with Crippen molar-refractivity contribution in [1.29, 1.82) is 0 Å². The van der Waals surface area contributed by atoms with E-state index in [1.54, 1.807) is 18.0 Å². The SMILES string of the molecule is CCS(=O)(=O)NCC1CCC2(CC1)CN(CC1CCN(c3ncncc3Oc3ccc(F)cc3C(=O)N(C(C)C)C(C)C)C1)C2. The van der Waals surface area contributed by atoms with E-state index in [1.807, 2.05) is 27.7 Å². The number of ether oxygens (including phenoxy) is 1. The zero-order chi connectivity index (χ0) is 32.4. The summed E-state index contributed by atoms with van der Waals surface area (Å²) >= 11 is 0. The number of carbonyl (C=O) groups excluding carboxylic acids is 1. The number of anilines is 1. The predicted molar refractivity (Wildman–Crippen MR) is 174 cm³/mol. The molecular weight excluding hydrogens is 595 g/mol. The van der Waals surface area contributed by atoms with Crippen LogP contribution in [0.2, 0.25) is 0 Å². The summed E-state index contributed by atoms with van der Waals surface area (Å²) in [6.07, 6.45) is 8.67. The van der Waals surface area contributed by atoms with Crippen molar-refractivity contribution in [2.45, 2.75) is 78.8 Å². The van der Waals surface area contributed by atoms with Gasteiger partial charge in [0.15, 0.2) is 11.6 Å². The molecule has 5 rings (SSSR count). The lowest BCUT2D eigenvalue weighted by Gasteiger charge is -2.54. The lowest BCUT2D eigenvalue weighted by atomic mass is 9.66. The first-order valence-electron chi connectivity index (χ1n) is 16.4. The van der Waals surface area contributed by atoms with Crippen LogP contribution in [0.5, 0.6) is 11.5 Å². The zero-order valence-corrected chi connectivity index (χ0v) is 28.2. The van der Waals surface area contributed by atoms with Crippen molar-refractivity contribution in [3.05, 3.63) is 42.1 Å². The summed E-state index contributed by atoms with van der Waals surface area (Å²) < 4.78 is 47.0. The van der Waals surface area contributed by atoms with Gasteiger partial charge in [0.25, 0.3) is 5.91 Å². The fraction of sp³-hybridized carbons (Fsp3) is 0.667. The van der Waals surface area contributed by atoms with Gasteiger partial charge < -0.3 is 19.4 Å². The van der Waals surface area contributed by atoms with Gasteiger partial charge in [-0.2, -0.15) is 0 Å². The van der Waals surface area contributed by atoms with E-state index in [4.69, 9.17) is 4.74 Å². The lowest BCUT2D eigenvalue weighted by molar-refractivity contribution is -0.0436. The normalized spacial score (nSPS) is 20.6. The summed E-state index contributed by atoms with van der Waals surface area (Å²) in [5, 5.41) is 0. The van der Waals surface area contributed by atoms with E-state index >= 15 is 0 Å². The Balaban J connectivity index is 1.17. The quantitative estimate of drug-likeness (QED) is 0.347. The molecule has 2 aromatic rings. The lowest BCUT2D eigenvalue weighted by Crippen LogP contribution is -2.58. The highest BCUT2D eigenvalue weighted by Crippen LogP contribution is 2.46. The van der Waals surface area contributed by atoms with Gasteiger partial charge in [-0.1, -0.05) is 0 Å². The smallest absolute Gasteiger partial charge is 0.258 e. The molecule has 1 amide bonds. The van der Waals surface area contributed by atoms with Gasteiger partial charge in [0, 0.05) is 51.4 Å². The van der Waals surface area contributed by atoms with Crippen LogP contribution in [0.1, 0.15) is 77.1 Å². The largest absolute Gasteiger partial charge is 0.451 e. The van der Waals surface area contributed by atoms with E-state index in [0.29, 0.717) is 35.4 Å². The topological polar surface area (TPSA) is 108 Å². The molecule has 45 heavy (non-hydrogen) atoms. The zero-order valence-electron chi connectivity index (χ0n) is 27.3. The maximum absolute atomic E-state index is 14.3. The van der Waals surface area contributed by atoms with Crippen molar-refractivity contribution in [1.82, 2.24) is 24.5 Å². The van der Waals surface area contributed by atoms with Crippen LogP contribution in [0.4, 0.5) is 10.2 Å². The van der Waals surface area contributed by atoms with Crippen molar-refractivity contribution >= 4 is 21.7 Å². The summed E-state index contributed by atoms with van der Waals surface area (Å²) in [5.74, 6) is 1.70. The highest BCUT2D eigenvalue weighted by molar-refractivity contribution is 7.89. The number of rotatable bonds is 12. The molecule has 1 aliphatic carbocycles. The number of amides is 1. The average molecular weight is 645 g/mol. The summed E-state index contributed by atoms with van der Waals surface area (Å²) in [6, 6.07) is 3.93. The first-order chi connectivity index (χ1) is 21.4. The van der Waals surface area contributed by atoms with E-state index in [-0.39, 0.29) is 35.1 Å². The molecule has 2 saturated heterocycles. The monoisotopic (exact) mass is 644 g/mol. The number of benzene rings is 1. The van der Waals surface area contributed by atoms with E-state index in [0.717, 1.165) is 52.0 Å². The number of nitrogens with zero attached hydrogens (tertiary/aromatic N) is 5. The minimum absolute atomic E-state index is 0.0592. The third-order valence-corrected chi connectivity index (χ3v) is 11.1. The first kappa shape index (κ1) is 33.5. The van der Waals surface area contributed by atoms with Crippen LogP contribution in [-0.4, -0.2) is 91.2 Å². The fourth-order valence-electron chi connectivity index (χ4n) is 7.43. The van der Waals surface area contributed by atoms with Crippen molar-refractivity contribution in [2.75, 3.05) is 49.9 Å². The van der Waals surface area contributed by atoms with Crippen LogP contribution in [0.3, 0.4) is 0 Å². The first-order valence-corrected chi connectivity index (χ1v) is 18.1. The number of likely N-dealkylation sites (tertiary alicyclic amines) is 1. The Morgan fingerprint density at radius 1 is 1.11 bits per heavy atom. The molecule has 3 fully saturated rings. The van der Waals surface area contributed by atoms with E-state index in [9.17, 15) is 17.6 Å². The Morgan fingerprint density at radius 3 is 2.49 bits per heavy atom. The molecule has 1 atom stereocenters. The standard InChI is InChI=1S/C33H49FN6O4S/c1-6-45(42,43)37-16-25-9-12-33(13-10-25)20-38(21-33)18-26-11-14-39(19-26)31-30(17-35-22-36-31)44-29-8-7-27(34)15-28(29)32(41)40(23(2)3)24(4)5/h7-8,15,17,22-26,37H,6,9-14,16,18-21H2,1-5H3. The molecule has 12 heteroatoms. The molecule has 1 unspecified atom stereocenters. The molecule has 1 N–H and O–H groups in total. The maximum Gasteiger partial charge on any atom is 0.258 e. The molecular formula is C33H49FN6O4S. The Morgan fingerprint density at radius 2 is 1.82 bits per heavy atom. The van der Waals surface area contributed by atoms with Crippen LogP contribution in [0.15, 0.2) is 30.7 Å². The van der Waals surface area contributed by atoms with Gasteiger partial charge in [-0.15, -0.1) is 0 Å². The van der Waals surface area contributed by atoms with Crippen molar-refractivity contribution in [2.24, 2.45) is 17.3 Å².